The molecule has 0 aliphatic carbocycles. The van der Waals surface area contributed by atoms with Gasteiger partial charge in [-0.05, 0) is 75.5 Å². The molecule has 6 heteroatoms. The van der Waals surface area contributed by atoms with Crippen LogP contribution in [0.5, 0.6) is 23.0 Å². The summed E-state index contributed by atoms with van der Waals surface area (Å²) in [5.74, 6) is 3.72. The molecule has 6 nitrogen and oxygen atoms in total. The third kappa shape index (κ3) is 5.42. The van der Waals surface area contributed by atoms with Crippen molar-refractivity contribution in [3.63, 3.8) is 0 Å². The maximum absolute atomic E-state index is 6.74. The molecule has 2 aliphatic rings. The number of rotatable bonds is 5. The summed E-state index contributed by atoms with van der Waals surface area (Å²) >= 11 is 0. The Kier molecular flexibility index (Phi) is 7.28. The molecule has 0 saturated carbocycles. The number of hydrogen-bond donors (Lipinski definition) is 2. The molecule has 9 aromatic rings. The summed E-state index contributed by atoms with van der Waals surface area (Å²) in [5, 5.41) is 11.8. The van der Waals surface area contributed by atoms with Crippen LogP contribution in [0, 0.1) is 0 Å². The number of benzene rings is 8. The Morgan fingerprint density at radius 2 is 1.09 bits per heavy atom. The maximum atomic E-state index is 6.74. The van der Waals surface area contributed by atoms with Crippen LogP contribution in [0.15, 0.2) is 187 Å². The maximum Gasteiger partial charge on any atom is 0.194 e. The highest BCUT2D eigenvalue weighted by molar-refractivity contribution is 6.12. The fraction of sp³-hybridized carbons (Fsp3) is 0.0408. The van der Waals surface area contributed by atoms with E-state index in [4.69, 9.17) is 14.5 Å². The lowest BCUT2D eigenvalue weighted by atomic mass is 10.0. The summed E-state index contributed by atoms with van der Waals surface area (Å²) in [5.41, 5.74) is 8.71. The number of aliphatic imine (C=N–C) groups is 1. The second-order valence-electron chi connectivity index (χ2n) is 14.1. The summed E-state index contributed by atoms with van der Waals surface area (Å²) in [6, 6.07) is 63.3. The van der Waals surface area contributed by atoms with Gasteiger partial charge in [0.2, 0.25) is 0 Å². The second kappa shape index (κ2) is 12.8. The third-order valence-electron chi connectivity index (χ3n) is 10.7. The number of ether oxygens (including phenoxy) is 2. The van der Waals surface area contributed by atoms with Gasteiger partial charge in [-0.2, -0.15) is 0 Å². The van der Waals surface area contributed by atoms with Crippen LogP contribution >= 0.6 is 0 Å². The molecule has 0 radical (unpaired) electrons. The van der Waals surface area contributed by atoms with Crippen molar-refractivity contribution in [3.8, 4) is 39.8 Å². The van der Waals surface area contributed by atoms with Crippen LogP contribution in [0.1, 0.15) is 29.0 Å². The zero-order valence-electron chi connectivity index (χ0n) is 29.7. The minimum atomic E-state index is -0.173. The Balaban J connectivity index is 0.937. The number of amidine groups is 1. The van der Waals surface area contributed by atoms with Crippen molar-refractivity contribution in [2.75, 3.05) is 0 Å². The minimum Gasteiger partial charge on any atom is -0.449 e. The largest absolute Gasteiger partial charge is 0.449 e. The monoisotopic (exact) mass is 710 g/mol. The first-order valence-electron chi connectivity index (χ1n) is 18.6. The predicted octanol–water partition coefficient (Wildman–Crippen LogP) is 11.8. The first kappa shape index (κ1) is 31.4. The van der Waals surface area contributed by atoms with Gasteiger partial charge in [0.05, 0.1) is 5.52 Å². The third-order valence-corrected chi connectivity index (χ3v) is 10.7. The van der Waals surface area contributed by atoms with Crippen LogP contribution in [-0.4, -0.2) is 10.4 Å². The number of para-hydroxylation sites is 1. The highest BCUT2D eigenvalue weighted by atomic mass is 16.6. The molecule has 2 N–H and O–H groups in total. The molecular weight excluding hydrogens is 677 g/mol. The number of hydrogen-bond acceptors (Lipinski definition) is 5. The van der Waals surface area contributed by atoms with E-state index in [1.54, 1.807) is 0 Å². The molecule has 0 spiro atoms. The van der Waals surface area contributed by atoms with E-state index < -0.39 is 0 Å². The SMILES string of the molecule is c1ccc(C2N=C(c3ccc(-c4ccc(-n5c6ccccc6c6ccc7c(c65)Oc5cc6ccccc6cc5O7)cc4)cc3)NC(c3ccccc3)N2)cc1. The summed E-state index contributed by atoms with van der Waals surface area (Å²) in [4.78, 5) is 5.12. The van der Waals surface area contributed by atoms with Gasteiger partial charge < -0.3 is 19.4 Å². The molecule has 262 valence electrons. The van der Waals surface area contributed by atoms with Crippen LogP contribution in [0.4, 0.5) is 0 Å². The molecule has 55 heavy (non-hydrogen) atoms. The fourth-order valence-corrected chi connectivity index (χ4v) is 7.99. The van der Waals surface area contributed by atoms with Crippen LogP contribution in [0.3, 0.4) is 0 Å². The first-order chi connectivity index (χ1) is 27.2. The highest BCUT2D eigenvalue weighted by Crippen LogP contribution is 2.51. The Hall–Kier alpha value is -7.15. The van der Waals surface area contributed by atoms with Crippen LogP contribution in [-0.2, 0) is 0 Å². The van der Waals surface area contributed by atoms with Gasteiger partial charge in [-0.1, -0.05) is 140 Å². The Morgan fingerprint density at radius 3 is 1.82 bits per heavy atom. The lowest BCUT2D eigenvalue weighted by molar-refractivity contribution is 0.363. The van der Waals surface area contributed by atoms with Crippen LogP contribution < -0.4 is 20.1 Å². The van der Waals surface area contributed by atoms with E-state index >= 15 is 0 Å². The van der Waals surface area contributed by atoms with Gasteiger partial charge in [-0.25, -0.2) is 4.99 Å². The molecule has 1 aromatic heterocycles. The van der Waals surface area contributed by atoms with E-state index in [1.165, 1.54) is 0 Å². The molecule has 0 amide bonds. The summed E-state index contributed by atoms with van der Waals surface area (Å²) in [6.45, 7) is 0. The lowest BCUT2D eigenvalue weighted by Gasteiger charge is -2.32. The molecule has 2 unspecified atom stereocenters. The molecule has 8 aromatic carbocycles. The van der Waals surface area contributed by atoms with E-state index in [1.807, 2.05) is 30.3 Å². The number of aromatic nitrogens is 1. The zero-order valence-corrected chi connectivity index (χ0v) is 29.7. The molecule has 2 aliphatic heterocycles. The van der Waals surface area contributed by atoms with Crippen LogP contribution in [0.25, 0.3) is 49.4 Å². The quantitative estimate of drug-likeness (QED) is 0.187. The molecular formula is C49H34N4O2. The molecule has 0 saturated heterocycles. The number of fused-ring (bicyclic) bond motifs is 7. The molecule has 2 atom stereocenters. The Bertz CT molecular complexity index is 2920. The van der Waals surface area contributed by atoms with Gasteiger partial charge in [0, 0.05) is 22.0 Å². The van der Waals surface area contributed by atoms with Crippen molar-refractivity contribution < 1.29 is 9.47 Å². The van der Waals surface area contributed by atoms with Gasteiger partial charge in [0.1, 0.15) is 23.7 Å². The molecule has 3 heterocycles. The lowest BCUT2D eigenvalue weighted by Crippen LogP contribution is -2.44. The van der Waals surface area contributed by atoms with Crippen molar-refractivity contribution in [1.29, 1.82) is 0 Å². The Morgan fingerprint density at radius 1 is 0.491 bits per heavy atom. The zero-order chi connectivity index (χ0) is 36.3. The van der Waals surface area contributed by atoms with E-state index in [-0.39, 0.29) is 12.3 Å². The van der Waals surface area contributed by atoms with E-state index in [2.05, 4.69) is 167 Å². The second-order valence-corrected chi connectivity index (χ2v) is 14.1. The number of nitrogens with one attached hydrogen (secondary N) is 2. The van der Waals surface area contributed by atoms with Crippen LogP contribution in [0.2, 0.25) is 0 Å². The summed E-state index contributed by atoms with van der Waals surface area (Å²) in [6.07, 6.45) is -0.253. The summed E-state index contributed by atoms with van der Waals surface area (Å²) in [7, 11) is 0. The highest BCUT2D eigenvalue weighted by Gasteiger charge is 2.27. The average Bonchev–Trinajstić information content (AvgIpc) is 3.60. The van der Waals surface area contributed by atoms with Gasteiger partial charge in [0.25, 0.3) is 0 Å². The van der Waals surface area contributed by atoms with Gasteiger partial charge in [-0.3, -0.25) is 5.32 Å². The number of nitrogens with zero attached hydrogens (tertiary/aromatic N) is 2. The standard InChI is InChI=1S/C49H34N4O2/c1-3-11-33(12-4-1)47-50-48(34-13-5-2-6-14-34)52-49(51-47)35-21-19-31(20-22-35)32-23-25-38(26-24-32)53-41-18-10-9-17-39(41)40-27-28-42-46(45(40)53)55-44-30-37-16-8-7-15-36(37)29-43(44)54-42/h1-30,47-48,50H,(H,51,52). The average molecular weight is 711 g/mol. The first-order valence-corrected chi connectivity index (χ1v) is 18.6. The normalized spacial score (nSPS) is 16.1. The molecule has 0 bridgehead atoms. The van der Waals surface area contributed by atoms with Crippen molar-refractivity contribution in [2.45, 2.75) is 12.3 Å². The molecule has 11 rings (SSSR count). The smallest absolute Gasteiger partial charge is 0.194 e. The van der Waals surface area contributed by atoms with E-state index in [9.17, 15) is 0 Å². The Labute approximate surface area is 317 Å². The van der Waals surface area contributed by atoms with Crippen molar-refractivity contribution in [1.82, 2.24) is 15.2 Å². The minimum absolute atomic E-state index is 0.0795. The van der Waals surface area contributed by atoms with Crippen molar-refractivity contribution in [3.05, 3.63) is 199 Å². The predicted molar refractivity (Wildman–Crippen MR) is 221 cm³/mol. The van der Waals surface area contributed by atoms with E-state index in [0.717, 1.165) is 83.4 Å². The summed E-state index contributed by atoms with van der Waals surface area (Å²) < 4.78 is 15.5. The van der Waals surface area contributed by atoms with Crippen molar-refractivity contribution in [2.24, 2.45) is 4.99 Å². The van der Waals surface area contributed by atoms with Gasteiger partial charge in [0.15, 0.2) is 23.0 Å². The fourth-order valence-electron chi connectivity index (χ4n) is 7.99. The molecule has 0 fully saturated rings. The van der Waals surface area contributed by atoms with Gasteiger partial charge >= 0.3 is 0 Å². The van der Waals surface area contributed by atoms with Crippen molar-refractivity contribution >= 4 is 38.4 Å². The topological polar surface area (TPSA) is 59.8 Å². The van der Waals surface area contributed by atoms with E-state index in [0.29, 0.717) is 11.5 Å². The van der Waals surface area contributed by atoms with Gasteiger partial charge in [-0.15, -0.1) is 0 Å².